The number of hydrogen-bond acceptors (Lipinski definition) is 8. The van der Waals surface area contributed by atoms with Gasteiger partial charge >= 0.3 is 0 Å². The average Bonchev–Trinajstić information content (AvgIpc) is 3.57. The minimum Gasteiger partial charge on any atom is -0.375 e. The number of likely N-dealkylation sites (tertiary alicyclic amines) is 1. The van der Waals surface area contributed by atoms with Crippen molar-refractivity contribution in [3.63, 3.8) is 0 Å². The molecule has 1 aromatic carbocycles. The summed E-state index contributed by atoms with van der Waals surface area (Å²) in [7, 11) is -3.26. The van der Waals surface area contributed by atoms with E-state index in [2.05, 4.69) is 40.9 Å². The van der Waals surface area contributed by atoms with Gasteiger partial charge in [-0.25, -0.2) is 8.42 Å². The third-order valence-electron chi connectivity index (χ3n) is 7.01. The number of rotatable bonds is 7. The Kier molecular flexibility index (Phi) is 13.9. The highest BCUT2D eigenvalue weighted by atomic mass is 32.2. The van der Waals surface area contributed by atoms with E-state index in [1.54, 1.807) is 11.2 Å². The maximum atomic E-state index is 12.0. The molecular formula is C28H42N6O5S2. The number of allylic oxidation sites excluding steroid dienone is 2. The van der Waals surface area contributed by atoms with Gasteiger partial charge < -0.3 is 15.4 Å². The maximum absolute atomic E-state index is 12.0. The number of para-hydroxylation sites is 1. The fourth-order valence-corrected chi connectivity index (χ4v) is 5.80. The van der Waals surface area contributed by atoms with Crippen LogP contribution in [0.5, 0.6) is 0 Å². The van der Waals surface area contributed by atoms with Crippen LogP contribution < -0.4 is 10.0 Å². The quantitative estimate of drug-likeness (QED) is 0.158. The fourth-order valence-electron chi connectivity index (χ4n) is 4.80. The van der Waals surface area contributed by atoms with Crippen LogP contribution in [-0.2, 0) is 29.8 Å². The van der Waals surface area contributed by atoms with Crippen molar-refractivity contribution < 1.29 is 22.7 Å². The van der Waals surface area contributed by atoms with Crippen LogP contribution in [0, 0.1) is 0 Å². The number of nitrogens with two attached hydrogens (primary N) is 1. The number of ketones is 1. The molecule has 226 valence electrons. The van der Waals surface area contributed by atoms with Crippen LogP contribution in [0.25, 0.3) is 10.4 Å². The first-order valence-electron chi connectivity index (χ1n) is 13.6. The molecule has 0 aromatic heterocycles. The monoisotopic (exact) mass is 606 g/mol. The molecular weight excluding hydrogens is 564 g/mol. The predicted octanol–water partition coefficient (Wildman–Crippen LogP) is 3.77. The Bertz CT molecular complexity index is 1240. The molecule has 2 N–H and O–H groups in total. The molecule has 2 aliphatic carbocycles. The normalized spacial score (nSPS) is 20.5. The van der Waals surface area contributed by atoms with Gasteiger partial charge in [0.15, 0.2) is 0 Å². The molecule has 1 amide bonds. The standard InChI is InChI=1S/C14H18N2O3S.C10H17NO.C3H3N3O.CH4S/c1-20(18,19)16-10-14(6-8-15(11-17)9-7-14)12-4-2-3-5-13(12)16;1-9(11)7-12-8-10-5-3-2-4-6-10;4-6-5-2-1-3(2)7;1-2/h2-5,11H,6-10H2,1H3;3,5-6,9H,2,4,7-8,11H2,1H3;2H,1H2;2H,1H3. The summed E-state index contributed by atoms with van der Waals surface area (Å²) >= 11 is 3.53. The van der Waals surface area contributed by atoms with Gasteiger partial charge in [-0.15, -0.1) is 0 Å². The number of fused-ring (bicyclic) bond motifs is 2. The molecule has 4 aliphatic rings. The highest BCUT2D eigenvalue weighted by Crippen LogP contribution is 2.47. The van der Waals surface area contributed by atoms with E-state index in [4.69, 9.17) is 16.0 Å². The van der Waals surface area contributed by atoms with Gasteiger partial charge in [0, 0.05) is 42.4 Å². The molecule has 0 bridgehead atoms. The molecule has 13 heteroatoms. The van der Waals surface area contributed by atoms with Gasteiger partial charge in [-0.05, 0) is 61.6 Å². The molecule has 1 aromatic rings. The summed E-state index contributed by atoms with van der Waals surface area (Å²) in [5.74, 6) is 0.0535. The summed E-state index contributed by atoms with van der Waals surface area (Å²) < 4.78 is 30.9. The van der Waals surface area contributed by atoms with E-state index in [-0.39, 0.29) is 23.3 Å². The molecule has 1 saturated carbocycles. The number of nitrogens with zero attached hydrogens (tertiary/aromatic N) is 5. The Labute approximate surface area is 248 Å². The average molecular weight is 607 g/mol. The number of azide groups is 1. The maximum Gasteiger partial charge on any atom is 0.232 e. The first-order chi connectivity index (χ1) is 19.6. The summed E-state index contributed by atoms with van der Waals surface area (Å²) in [5, 5.41) is 3.15. The number of piperidine rings is 1. The van der Waals surface area contributed by atoms with Gasteiger partial charge in [0.2, 0.25) is 16.4 Å². The van der Waals surface area contributed by atoms with Crippen molar-refractivity contribution in [2.45, 2.75) is 56.5 Å². The SMILES string of the molecule is CC(N)COCC1=CCCC=C1.CS.CS(=O)(=O)N1CC2(CCN(C=O)CC2)c2ccccc21.[N-]=[N+]=NC1CC1=O. The molecule has 2 unspecified atom stereocenters. The molecule has 2 atom stereocenters. The van der Waals surface area contributed by atoms with Crippen LogP contribution in [0.4, 0.5) is 5.69 Å². The lowest BCUT2D eigenvalue weighted by Crippen LogP contribution is -2.45. The zero-order chi connectivity index (χ0) is 30.5. The van der Waals surface area contributed by atoms with Crippen LogP contribution in [0.2, 0.25) is 0 Å². The van der Waals surface area contributed by atoms with Crippen molar-refractivity contribution in [3.05, 3.63) is 64.1 Å². The number of carbonyl (C=O) groups is 2. The summed E-state index contributed by atoms with van der Waals surface area (Å²) in [6.45, 7) is 5.18. The summed E-state index contributed by atoms with van der Waals surface area (Å²) in [5.41, 5.74) is 16.3. The smallest absolute Gasteiger partial charge is 0.232 e. The second-order valence-corrected chi connectivity index (χ2v) is 12.3. The van der Waals surface area contributed by atoms with Gasteiger partial charge in [0.05, 0.1) is 25.2 Å². The van der Waals surface area contributed by atoms with Crippen LogP contribution in [0.3, 0.4) is 0 Å². The van der Waals surface area contributed by atoms with Crippen molar-refractivity contribution in [3.8, 4) is 0 Å². The topological polar surface area (TPSA) is 159 Å². The second-order valence-electron chi connectivity index (χ2n) is 10.4. The number of Topliss-reactive ketones (excluding diaryl/α,β-unsaturated/α-hetero) is 1. The Morgan fingerprint density at radius 3 is 2.41 bits per heavy atom. The Morgan fingerprint density at radius 1 is 1.27 bits per heavy atom. The van der Waals surface area contributed by atoms with E-state index in [1.807, 2.05) is 31.2 Å². The molecule has 1 saturated heterocycles. The van der Waals surface area contributed by atoms with Gasteiger partial charge in [0.25, 0.3) is 0 Å². The Balaban J connectivity index is 0.000000237. The van der Waals surface area contributed by atoms with Crippen molar-refractivity contribution in [2.24, 2.45) is 10.8 Å². The van der Waals surface area contributed by atoms with Crippen molar-refractivity contribution in [1.82, 2.24) is 4.90 Å². The number of anilines is 1. The number of ether oxygens (including phenoxy) is 1. The molecule has 11 nitrogen and oxygen atoms in total. The highest BCUT2D eigenvalue weighted by Gasteiger charge is 2.46. The van der Waals surface area contributed by atoms with Gasteiger partial charge in [-0.2, -0.15) is 12.6 Å². The largest absolute Gasteiger partial charge is 0.375 e. The van der Waals surface area contributed by atoms with E-state index in [9.17, 15) is 18.0 Å². The third-order valence-corrected chi connectivity index (χ3v) is 8.14. The molecule has 0 radical (unpaired) electrons. The molecule has 5 rings (SSSR count). The van der Waals surface area contributed by atoms with Crippen molar-refractivity contribution in [1.29, 1.82) is 0 Å². The third kappa shape index (κ3) is 10.5. The predicted molar refractivity (Wildman–Crippen MR) is 166 cm³/mol. The molecule has 2 fully saturated rings. The number of benzene rings is 1. The first-order valence-corrected chi connectivity index (χ1v) is 16.3. The molecule has 2 aliphatic heterocycles. The highest BCUT2D eigenvalue weighted by molar-refractivity contribution is 7.92. The lowest BCUT2D eigenvalue weighted by atomic mass is 9.74. The minimum atomic E-state index is -3.26. The Morgan fingerprint density at radius 2 is 1.93 bits per heavy atom. The lowest BCUT2D eigenvalue weighted by molar-refractivity contribution is -0.119. The van der Waals surface area contributed by atoms with Gasteiger partial charge in [-0.1, -0.05) is 41.5 Å². The van der Waals surface area contributed by atoms with E-state index >= 15 is 0 Å². The number of sulfonamides is 1. The lowest BCUT2D eigenvalue weighted by Gasteiger charge is -2.38. The van der Waals surface area contributed by atoms with E-state index in [0.29, 0.717) is 39.3 Å². The number of thiol groups is 1. The van der Waals surface area contributed by atoms with Crippen molar-refractivity contribution >= 4 is 40.5 Å². The summed E-state index contributed by atoms with van der Waals surface area (Å²) in [6, 6.07) is 7.55. The second kappa shape index (κ2) is 16.6. The van der Waals surface area contributed by atoms with Crippen LogP contribution in [0.15, 0.2) is 53.2 Å². The first kappa shape index (κ1) is 34.4. The van der Waals surface area contributed by atoms with Crippen molar-refractivity contribution in [2.75, 3.05) is 49.7 Å². The van der Waals surface area contributed by atoms with E-state index in [1.165, 1.54) is 16.1 Å². The molecule has 41 heavy (non-hydrogen) atoms. The summed E-state index contributed by atoms with van der Waals surface area (Å²) in [6.07, 6.45) is 14.7. The molecule has 1 spiro atoms. The molecule has 2 heterocycles. The Hall–Kier alpha value is -2.83. The van der Waals surface area contributed by atoms with Crippen LogP contribution in [-0.4, -0.2) is 83.0 Å². The van der Waals surface area contributed by atoms with E-state index in [0.717, 1.165) is 43.3 Å². The number of hydrogen-bond donors (Lipinski definition) is 2. The van der Waals surface area contributed by atoms with Gasteiger partial charge in [-0.3, -0.25) is 13.9 Å². The van der Waals surface area contributed by atoms with E-state index < -0.39 is 10.0 Å². The summed E-state index contributed by atoms with van der Waals surface area (Å²) in [4.78, 5) is 25.1. The zero-order valence-corrected chi connectivity index (χ0v) is 25.8. The van der Waals surface area contributed by atoms with Crippen LogP contribution >= 0.6 is 12.6 Å². The number of amides is 1. The fraction of sp³-hybridized carbons (Fsp3) is 0.571. The minimum absolute atomic E-state index is 0.0535. The van der Waals surface area contributed by atoms with Crippen LogP contribution in [0.1, 0.15) is 44.6 Å². The number of carbonyl (C=O) groups excluding carboxylic acids is 2. The zero-order valence-electron chi connectivity index (χ0n) is 24.1. The van der Waals surface area contributed by atoms with Gasteiger partial charge in [0.1, 0.15) is 11.8 Å².